The molecule has 16 heteroatoms. The fraction of sp³-hybridized carbons (Fsp3) is 0.310. The summed E-state index contributed by atoms with van der Waals surface area (Å²) < 4.78 is 15.6. The van der Waals surface area contributed by atoms with Crippen LogP contribution in [0, 0.1) is 0 Å². The molecule has 5 heterocycles. The van der Waals surface area contributed by atoms with Crippen molar-refractivity contribution in [1.29, 1.82) is 0 Å². The normalized spacial score (nSPS) is 17.6. The lowest BCUT2D eigenvalue weighted by Crippen LogP contribution is -2.46. The van der Waals surface area contributed by atoms with Crippen molar-refractivity contribution in [2.24, 2.45) is 0 Å². The third-order valence-corrected chi connectivity index (χ3v) is 10.8. The Morgan fingerprint density at radius 1 is 0.741 bits per heavy atom. The van der Waals surface area contributed by atoms with E-state index in [1.807, 2.05) is 60.7 Å². The summed E-state index contributed by atoms with van der Waals surface area (Å²) in [7, 11) is 2.53. The Hall–Kier alpha value is -6.97. The maximum atomic E-state index is 13.9. The molecule has 2 aliphatic rings. The molecule has 0 radical (unpaired) electrons. The number of likely N-dealkylation sites (tertiary alicyclic amines) is 2. The van der Waals surface area contributed by atoms with Crippen molar-refractivity contribution in [2.45, 2.75) is 56.8 Å². The zero-order valence-corrected chi connectivity index (χ0v) is 32.2. The quantitative estimate of drug-likeness (QED) is 0.120. The molecule has 0 spiro atoms. The maximum absolute atomic E-state index is 13.9. The first-order chi connectivity index (χ1) is 28.2. The van der Waals surface area contributed by atoms with E-state index in [4.69, 9.17) is 14.1 Å². The summed E-state index contributed by atoms with van der Waals surface area (Å²) >= 11 is 0. The van der Waals surface area contributed by atoms with Gasteiger partial charge in [0.2, 0.25) is 11.8 Å². The molecule has 2 fully saturated rings. The Bertz CT molecular complexity index is 2440. The highest BCUT2D eigenvalue weighted by Crippen LogP contribution is 2.36. The summed E-state index contributed by atoms with van der Waals surface area (Å²) in [4.78, 5) is 75.4. The Balaban J connectivity index is 0.952. The van der Waals surface area contributed by atoms with E-state index >= 15 is 0 Å². The van der Waals surface area contributed by atoms with Crippen LogP contribution in [0.3, 0.4) is 0 Å². The minimum absolute atomic E-state index is 0.191. The Kier molecular flexibility index (Phi) is 10.6. The first kappa shape index (κ1) is 37.9. The van der Waals surface area contributed by atoms with Gasteiger partial charge in [-0.3, -0.25) is 9.59 Å². The molecule has 3 aromatic heterocycles. The van der Waals surface area contributed by atoms with Crippen LogP contribution in [0.15, 0.2) is 89.6 Å². The predicted octanol–water partition coefficient (Wildman–Crippen LogP) is 6.44. The third-order valence-electron chi connectivity index (χ3n) is 10.8. The van der Waals surface area contributed by atoms with Crippen LogP contribution in [-0.4, -0.2) is 92.1 Å². The number of ether oxygens (including phenoxy) is 2. The molecule has 4 atom stereocenters. The summed E-state index contributed by atoms with van der Waals surface area (Å²) in [5.41, 5.74) is 6.11. The van der Waals surface area contributed by atoms with Crippen molar-refractivity contribution >= 4 is 35.1 Å². The third kappa shape index (κ3) is 7.60. The molecule has 58 heavy (non-hydrogen) atoms. The van der Waals surface area contributed by atoms with E-state index in [9.17, 15) is 19.2 Å². The summed E-state index contributed by atoms with van der Waals surface area (Å²) in [6, 6.07) is 20.5. The van der Waals surface area contributed by atoms with E-state index in [-0.39, 0.29) is 23.9 Å². The van der Waals surface area contributed by atoms with E-state index in [0.717, 1.165) is 53.8 Å². The van der Waals surface area contributed by atoms with E-state index in [0.29, 0.717) is 47.3 Å². The van der Waals surface area contributed by atoms with Gasteiger partial charge in [-0.15, -0.1) is 0 Å². The van der Waals surface area contributed by atoms with Crippen molar-refractivity contribution in [3.05, 3.63) is 102 Å². The van der Waals surface area contributed by atoms with Crippen LogP contribution in [0.4, 0.5) is 9.59 Å². The number of fused-ring (bicyclic) bond motifs is 1. The summed E-state index contributed by atoms with van der Waals surface area (Å²) in [5, 5.41) is 5.25. The number of hydrogen-bond acceptors (Lipinski definition) is 10. The van der Waals surface area contributed by atoms with Crippen LogP contribution in [0.1, 0.15) is 67.9 Å². The number of imidazole rings is 2. The molecule has 4 N–H and O–H groups in total. The number of hydrogen-bond donors (Lipinski definition) is 4. The number of benzene rings is 3. The molecule has 2 aliphatic heterocycles. The van der Waals surface area contributed by atoms with Crippen LogP contribution in [0.5, 0.6) is 0 Å². The average Bonchev–Trinajstić information content (AvgIpc) is 4.11. The Labute approximate surface area is 333 Å². The second kappa shape index (κ2) is 16.3. The van der Waals surface area contributed by atoms with Gasteiger partial charge < -0.3 is 44.3 Å². The van der Waals surface area contributed by atoms with Crippen molar-refractivity contribution in [3.8, 4) is 34.0 Å². The zero-order chi connectivity index (χ0) is 40.3. The van der Waals surface area contributed by atoms with Gasteiger partial charge in [0.25, 0.3) is 5.91 Å². The first-order valence-electron chi connectivity index (χ1n) is 19.2. The number of alkyl carbamates (subject to hydrolysis) is 2. The number of rotatable bonds is 10. The molecule has 0 saturated carbocycles. The fourth-order valence-corrected chi connectivity index (χ4v) is 7.77. The highest BCUT2D eigenvalue weighted by atomic mass is 16.5. The fourth-order valence-electron chi connectivity index (χ4n) is 7.77. The highest BCUT2D eigenvalue weighted by molar-refractivity contribution is 5.88. The number of methoxy groups -OCH3 is 2. The van der Waals surface area contributed by atoms with Crippen LogP contribution >= 0.6 is 0 Å². The average molecular weight is 786 g/mol. The minimum Gasteiger partial charge on any atom is -0.453 e. The molecule has 8 rings (SSSR count). The molecule has 3 aromatic carbocycles. The van der Waals surface area contributed by atoms with Gasteiger partial charge in [0.1, 0.15) is 29.2 Å². The number of nitrogens with one attached hydrogen (secondary N) is 4. The second-order valence-corrected chi connectivity index (χ2v) is 14.4. The van der Waals surface area contributed by atoms with Gasteiger partial charge in [0.15, 0.2) is 5.58 Å². The first-order valence-corrected chi connectivity index (χ1v) is 19.2. The number of carbonyl (C=O) groups is 4. The zero-order valence-electron chi connectivity index (χ0n) is 32.2. The molecule has 6 aromatic rings. The van der Waals surface area contributed by atoms with Crippen molar-refractivity contribution in [1.82, 2.24) is 45.4 Å². The molecule has 298 valence electrons. The number of nitrogens with zero attached hydrogens (tertiary/aromatic N) is 5. The van der Waals surface area contributed by atoms with Gasteiger partial charge in [0.05, 0.1) is 50.1 Å². The number of aromatic amines is 2. The van der Waals surface area contributed by atoms with E-state index in [1.165, 1.54) is 14.2 Å². The Morgan fingerprint density at radius 3 is 1.95 bits per heavy atom. The molecular weight excluding hydrogens is 743 g/mol. The van der Waals surface area contributed by atoms with Crippen molar-refractivity contribution < 1.29 is 33.1 Å². The molecule has 0 bridgehead atoms. The number of aromatic nitrogens is 5. The van der Waals surface area contributed by atoms with Gasteiger partial charge in [-0.2, -0.15) is 0 Å². The standard InChI is InChI=1S/C42H43N9O7/c1-24(45-41(54)56-2)39(52)50-19-7-11-32(50)36-43-22-30(46-36)25-13-15-27(16-14-25)38-48-29-21-28(17-18-34(29)58-38)31-23-44-37(47-31)33-12-8-20-51(33)40(53)35(49-42(55)57-3)26-9-5-4-6-10-26/h4-6,9-10,13-18,21-24,32-33,35H,7-8,11-12,19-20H2,1-3H3,(H,43,46)(H,44,47)(H,45,54)(H,49,55)/t24-,32+,33+,35-/m1/s1. The summed E-state index contributed by atoms with van der Waals surface area (Å²) in [6.07, 6.45) is 5.29. The second-order valence-electron chi connectivity index (χ2n) is 14.4. The molecule has 16 nitrogen and oxygen atoms in total. The lowest BCUT2D eigenvalue weighted by Gasteiger charge is -2.28. The van der Waals surface area contributed by atoms with Crippen LogP contribution < -0.4 is 10.6 Å². The van der Waals surface area contributed by atoms with E-state index in [2.05, 4.69) is 35.3 Å². The van der Waals surface area contributed by atoms with Crippen molar-refractivity contribution in [2.75, 3.05) is 27.3 Å². The number of amides is 4. The number of H-pyrrole nitrogens is 2. The van der Waals surface area contributed by atoms with Gasteiger partial charge in [-0.1, -0.05) is 42.5 Å². The van der Waals surface area contributed by atoms with Crippen LogP contribution in [-0.2, 0) is 19.1 Å². The minimum atomic E-state index is -0.900. The SMILES string of the molecule is COC(=O)N[C@H](C)C(=O)N1CCC[C@H]1c1ncc(-c2ccc(-c3nc4cc(-c5cnc([C@@H]6CCCN6C(=O)[C@H](NC(=O)OC)c6ccccc6)[nH]5)ccc4o3)cc2)[nH]1. The molecule has 2 saturated heterocycles. The smallest absolute Gasteiger partial charge is 0.407 e. The van der Waals surface area contributed by atoms with E-state index in [1.54, 1.807) is 41.2 Å². The lowest BCUT2D eigenvalue weighted by molar-refractivity contribution is -0.135. The molecular formula is C42H43N9O7. The van der Waals surface area contributed by atoms with Gasteiger partial charge in [0, 0.05) is 24.2 Å². The molecule has 0 unspecified atom stereocenters. The summed E-state index contributed by atoms with van der Waals surface area (Å²) in [5.74, 6) is 1.39. The van der Waals surface area contributed by atoms with Crippen LogP contribution in [0.25, 0.3) is 45.1 Å². The maximum Gasteiger partial charge on any atom is 0.407 e. The predicted molar refractivity (Wildman–Crippen MR) is 212 cm³/mol. The Morgan fingerprint density at radius 2 is 1.31 bits per heavy atom. The largest absolute Gasteiger partial charge is 0.453 e. The number of carbonyl (C=O) groups excluding carboxylic acids is 4. The monoisotopic (exact) mass is 785 g/mol. The van der Waals surface area contributed by atoms with Gasteiger partial charge >= 0.3 is 12.2 Å². The highest BCUT2D eigenvalue weighted by Gasteiger charge is 2.37. The molecule has 4 amide bonds. The summed E-state index contributed by atoms with van der Waals surface area (Å²) in [6.45, 7) is 2.75. The topological polar surface area (TPSA) is 201 Å². The molecule has 0 aliphatic carbocycles. The number of oxazole rings is 1. The van der Waals surface area contributed by atoms with E-state index < -0.39 is 24.3 Å². The van der Waals surface area contributed by atoms with Crippen LogP contribution in [0.2, 0.25) is 0 Å². The lowest BCUT2D eigenvalue weighted by atomic mass is 10.1. The van der Waals surface area contributed by atoms with Gasteiger partial charge in [-0.05, 0) is 74.1 Å². The van der Waals surface area contributed by atoms with Gasteiger partial charge in [-0.25, -0.2) is 24.5 Å². The van der Waals surface area contributed by atoms with Crippen molar-refractivity contribution in [3.63, 3.8) is 0 Å².